The van der Waals surface area contributed by atoms with Crippen molar-refractivity contribution < 1.29 is 9.18 Å². The van der Waals surface area contributed by atoms with Gasteiger partial charge in [-0.1, -0.05) is 12.1 Å². The number of benzene rings is 2. The van der Waals surface area contributed by atoms with Crippen LogP contribution < -0.4 is 16.4 Å². The van der Waals surface area contributed by atoms with Crippen LogP contribution in [-0.4, -0.2) is 15.5 Å². The molecule has 7 heteroatoms. The molecule has 122 valence electrons. The second kappa shape index (κ2) is 6.11. The van der Waals surface area contributed by atoms with Crippen molar-refractivity contribution in [3.8, 4) is 0 Å². The minimum absolute atomic E-state index is 0.156. The summed E-state index contributed by atoms with van der Waals surface area (Å²) >= 11 is 0. The number of aromatic amines is 1. The summed E-state index contributed by atoms with van der Waals surface area (Å²) < 4.78 is 14.3. The van der Waals surface area contributed by atoms with E-state index in [1.165, 1.54) is 6.07 Å². The number of hydrogen-bond acceptors (Lipinski definition) is 3. The zero-order valence-corrected chi connectivity index (χ0v) is 12.8. The van der Waals surface area contributed by atoms with Crippen molar-refractivity contribution in [1.29, 1.82) is 0 Å². The Morgan fingerprint density at radius 1 is 1.21 bits per heavy atom. The number of aromatic nitrogens is 2. The number of fused-ring (bicyclic) bond motifs is 1. The average Bonchev–Trinajstić information content (AvgIpc) is 2.51. The number of rotatable bonds is 3. The first-order chi connectivity index (χ1) is 11.4. The topological polar surface area (TPSA) is 84.0 Å². The first kappa shape index (κ1) is 15.7. The number of nitrogens with zero attached hydrogens (tertiary/aromatic N) is 1. The fourth-order valence-electron chi connectivity index (χ4n) is 2.48. The van der Waals surface area contributed by atoms with E-state index >= 15 is 0 Å². The molecule has 0 fully saturated rings. The molecule has 2 aromatic carbocycles. The van der Waals surface area contributed by atoms with Gasteiger partial charge in [0.05, 0.1) is 11.0 Å². The van der Waals surface area contributed by atoms with Gasteiger partial charge in [0.25, 0.3) is 0 Å². The van der Waals surface area contributed by atoms with Gasteiger partial charge in [-0.3, -0.25) is 19.0 Å². The highest BCUT2D eigenvalue weighted by Gasteiger charge is 2.12. The molecular formula is C17H14FN3O3. The highest BCUT2D eigenvalue weighted by atomic mass is 19.1. The van der Waals surface area contributed by atoms with Gasteiger partial charge in [0.1, 0.15) is 12.4 Å². The van der Waals surface area contributed by atoms with Crippen LogP contribution in [0.1, 0.15) is 5.56 Å². The molecule has 3 rings (SSSR count). The van der Waals surface area contributed by atoms with E-state index in [1.807, 2.05) is 13.0 Å². The Morgan fingerprint density at radius 2 is 2.00 bits per heavy atom. The van der Waals surface area contributed by atoms with E-state index in [0.717, 1.165) is 22.3 Å². The van der Waals surface area contributed by atoms with Crippen molar-refractivity contribution in [2.45, 2.75) is 13.5 Å². The standard InChI is InChI=1S/C17H14FN3O3/c1-10-3-2-4-12(7-10)19-15(22)9-21-14-6-5-11(18)8-13(14)20-16(23)17(21)24/h2-8H,9H2,1H3,(H,19,22)(H,20,23). The maximum absolute atomic E-state index is 13.3. The molecule has 0 bridgehead atoms. The van der Waals surface area contributed by atoms with Crippen molar-refractivity contribution in [1.82, 2.24) is 9.55 Å². The normalized spacial score (nSPS) is 10.8. The molecule has 0 radical (unpaired) electrons. The Kier molecular flexibility index (Phi) is 3.99. The van der Waals surface area contributed by atoms with Crippen LogP contribution in [0.2, 0.25) is 0 Å². The van der Waals surface area contributed by atoms with Gasteiger partial charge in [0, 0.05) is 5.69 Å². The molecule has 0 aliphatic rings. The molecule has 0 spiro atoms. The number of nitrogens with one attached hydrogen (secondary N) is 2. The van der Waals surface area contributed by atoms with E-state index in [1.54, 1.807) is 18.2 Å². The highest BCUT2D eigenvalue weighted by Crippen LogP contribution is 2.12. The van der Waals surface area contributed by atoms with Crippen LogP contribution in [0, 0.1) is 12.7 Å². The summed E-state index contributed by atoms with van der Waals surface area (Å²) in [4.78, 5) is 38.3. The molecule has 1 amide bonds. The Morgan fingerprint density at radius 3 is 2.75 bits per heavy atom. The molecule has 0 saturated heterocycles. The Hall–Kier alpha value is -3.22. The third-order valence-electron chi connectivity index (χ3n) is 3.54. The quantitative estimate of drug-likeness (QED) is 0.719. The summed E-state index contributed by atoms with van der Waals surface area (Å²) in [6.45, 7) is 1.54. The van der Waals surface area contributed by atoms with E-state index < -0.39 is 22.8 Å². The van der Waals surface area contributed by atoms with Crippen LogP contribution in [0.25, 0.3) is 11.0 Å². The van der Waals surface area contributed by atoms with E-state index in [-0.39, 0.29) is 17.6 Å². The largest absolute Gasteiger partial charge is 0.325 e. The molecule has 0 unspecified atom stereocenters. The lowest BCUT2D eigenvalue weighted by molar-refractivity contribution is -0.116. The van der Waals surface area contributed by atoms with Crippen molar-refractivity contribution in [2.75, 3.05) is 5.32 Å². The number of aryl methyl sites for hydroxylation is 1. The molecule has 3 aromatic rings. The number of carbonyl (C=O) groups excluding carboxylic acids is 1. The van der Waals surface area contributed by atoms with Gasteiger partial charge in [-0.2, -0.15) is 0 Å². The van der Waals surface area contributed by atoms with E-state index in [0.29, 0.717) is 5.69 Å². The zero-order valence-electron chi connectivity index (χ0n) is 12.8. The lowest BCUT2D eigenvalue weighted by atomic mass is 10.2. The Bertz CT molecular complexity index is 1050. The second-order valence-electron chi connectivity index (χ2n) is 5.42. The number of anilines is 1. The molecule has 24 heavy (non-hydrogen) atoms. The fourth-order valence-corrected chi connectivity index (χ4v) is 2.48. The first-order valence-electron chi connectivity index (χ1n) is 7.23. The Labute approximate surface area is 135 Å². The highest BCUT2D eigenvalue weighted by molar-refractivity contribution is 5.91. The number of halogens is 1. The summed E-state index contributed by atoms with van der Waals surface area (Å²) in [6.07, 6.45) is 0. The lowest BCUT2D eigenvalue weighted by Crippen LogP contribution is -2.38. The van der Waals surface area contributed by atoms with Crippen molar-refractivity contribution in [3.05, 3.63) is 74.6 Å². The molecule has 2 N–H and O–H groups in total. The molecule has 0 aliphatic heterocycles. The minimum atomic E-state index is -0.906. The van der Waals surface area contributed by atoms with Crippen LogP contribution in [-0.2, 0) is 11.3 Å². The summed E-state index contributed by atoms with van der Waals surface area (Å²) in [6, 6.07) is 10.8. The van der Waals surface area contributed by atoms with Gasteiger partial charge in [0.15, 0.2) is 0 Å². The number of carbonyl (C=O) groups is 1. The van der Waals surface area contributed by atoms with Crippen LogP contribution >= 0.6 is 0 Å². The monoisotopic (exact) mass is 327 g/mol. The summed E-state index contributed by atoms with van der Waals surface area (Å²) in [5.41, 5.74) is 0.226. The fraction of sp³-hybridized carbons (Fsp3) is 0.118. The van der Waals surface area contributed by atoms with Gasteiger partial charge in [-0.25, -0.2) is 4.39 Å². The van der Waals surface area contributed by atoms with Gasteiger partial charge >= 0.3 is 11.1 Å². The van der Waals surface area contributed by atoms with E-state index in [9.17, 15) is 18.8 Å². The molecule has 0 aliphatic carbocycles. The number of hydrogen-bond donors (Lipinski definition) is 2. The van der Waals surface area contributed by atoms with E-state index in [2.05, 4.69) is 10.3 Å². The second-order valence-corrected chi connectivity index (χ2v) is 5.42. The lowest BCUT2D eigenvalue weighted by Gasteiger charge is -2.10. The smallest absolute Gasteiger partial charge is 0.317 e. The van der Waals surface area contributed by atoms with Crippen LogP contribution in [0.15, 0.2) is 52.1 Å². The van der Waals surface area contributed by atoms with Crippen molar-refractivity contribution in [2.24, 2.45) is 0 Å². The SMILES string of the molecule is Cc1cccc(NC(=O)Cn2c(=O)c(=O)[nH]c3cc(F)ccc32)c1. The van der Waals surface area contributed by atoms with Gasteiger partial charge in [0.2, 0.25) is 5.91 Å². The number of amides is 1. The molecule has 1 aromatic heterocycles. The third-order valence-corrected chi connectivity index (χ3v) is 3.54. The molecule has 6 nitrogen and oxygen atoms in total. The van der Waals surface area contributed by atoms with Gasteiger partial charge in [-0.05, 0) is 42.8 Å². The Balaban J connectivity index is 1.97. The third kappa shape index (κ3) is 3.10. The van der Waals surface area contributed by atoms with Crippen molar-refractivity contribution >= 4 is 22.6 Å². The summed E-state index contributed by atoms with van der Waals surface area (Å²) in [7, 11) is 0. The first-order valence-corrected chi connectivity index (χ1v) is 7.23. The van der Waals surface area contributed by atoms with Gasteiger partial charge in [-0.15, -0.1) is 0 Å². The van der Waals surface area contributed by atoms with E-state index in [4.69, 9.17) is 0 Å². The molecule has 1 heterocycles. The summed E-state index contributed by atoms with van der Waals surface area (Å²) in [5, 5.41) is 2.67. The minimum Gasteiger partial charge on any atom is -0.325 e. The maximum Gasteiger partial charge on any atom is 0.317 e. The zero-order chi connectivity index (χ0) is 17.3. The molecule has 0 saturated carbocycles. The van der Waals surface area contributed by atoms with Crippen LogP contribution in [0.3, 0.4) is 0 Å². The summed E-state index contributed by atoms with van der Waals surface area (Å²) in [5.74, 6) is -1.01. The van der Waals surface area contributed by atoms with Crippen LogP contribution in [0.5, 0.6) is 0 Å². The number of H-pyrrole nitrogens is 1. The molecular weight excluding hydrogens is 313 g/mol. The van der Waals surface area contributed by atoms with Crippen molar-refractivity contribution in [3.63, 3.8) is 0 Å². The van der Waals surface area contributed by atoms with Gasteiger partial charge < -0.3 is 10.3 Å². The predicted molar refractivity (Wildman–Crippen MR) is 88.6 cm³/mol. The maximum atomic E-state index is 13.3. The predicted octanol–water partition coefficient (Wildman–Crippen LogP) is 1.78. The molecule has 0 atom stereocenters. The average molecular weight is 327 g/mol. The van der Waals surface area contributed by atoms with Crippen LogP contribution in [0.4, 0.5) is 10.1 Å².